The predicted octanol–water partition coefficient (Wildman–Crippen LogP) is 2.63. The summed E-state index contributed by atoms with van der Waals surface area (Å²) < 4.78 is 23.3. The van der Waals surface area contributed by atoms with E-state index in [1.165, 1.54) is 24.3 Å². The van der Waals surface area contributed by atoms with Crippen LogP contribution in [0.5, 0.6) is 0 Å². The van der Waals surface area contributed by atoms with Crippen molar-refractivity contribution in [3.63, 3.8) is 0 Å². The third-order valence-electron chi connectivity index (χ3n) is 4.22. The number of benzene rings is 1. The quantitative estimate of drug-likeness (QED) is 0.773. The molecular weight excluding hydrogens is 315 g/mol. The van der Waals surface area contributed by atoms with Crippen molar-refractivity contribution in [1.29, 1.82) is 0 Å². The number of carbonyl (C=O) groups excluding carboxylic acids is 3. The Labute approximate surface area is 140 Å². The van der Waals surface area contributed by atoms with Crippen LogP contribution < -0.4 is 0 Å². The van der Waals surface area contributed by atoms with E-state index in [1.807, 2.05) is 0 Å². The number of Topliss-reactive ketones (excluding diaryl/α,β-unsaturated/α-hetero) is 1. The van der Waals surface area contributed by atoms with Crippen molar-refractivity contribution < 1.29 is 28.2 Å². The van der Waals surface area contributed by atoms with E-state index in [2.05, 4.69) is 0 Å². The minimum atomic E-state index is -0.948. The van der Waals surface area contributed by atoms with Gasteiger partial charge in [-0.3, -0.25) is 14.4 Å². The van der Waals surface area contributed by atoms with Gasteiger partial charge in [0.2, 0.25) is 0 Å². The van der Waals surface area contributed by atoms with Gasteiger partial charge >= 0.3 is 11.9 Å². The molecule has 3 atom stereocenters. The van der Waals surface area contributed by atoms with E-state index in [9.17, 15) is 18.8 Å². The Kier molecular flexibility index (Phi) is 6.06. The van der Waals surface area contributed by atoms with Crippen LogP contribution in [0.25, 0.3) is 0 Å². The Hall–Kier alpha value is -2.24. The van der Waals surface area contributed by atoms with Gasteiger partial charge < -0.3 is 9.47 Å². The van der Waals surface area contributed by atoms with Gasteiger partial charge in [-0.1, -0.05) is 12.1 Å². The zero-order chi connectivity index (χ0) is 17.7. The largest absolute Gasteiger partial charge is 0.466 e. The van der Waals surface area contributed by atoms with Crippen LogP contribution in [-0.4, -0.2) is 30.9 Å². The highest BCUT2D eigenvalue weighted by Gasteiger charge is 2.48. The second-order valence-corrected chi connectivity index (χ2v) is 5.67. The average Bonchev–Trinajstić information content (AvgIpc) is 2.56. The van der Waals surface area contributed by atoms with Gasteiger partial charge in [0.25, 0.3) is 0 Å². The molecule has 0 saturated heterocycles. The minimum absolute atomic E-state index is 0.148. The lowest BCUT2D eigenvalue weighted by Crippen LogP contribution is -2.43. The normalized spacial score (nSPS) is 23.6. The Bertz CT molecular complexity index is 610. The highest BCUT2D eigenvalue weighted by molar-refractivity contribution is 5.95. The molecule has 1 saturated carbocycles. The maximum atomic E-state index is 13.2. The van der Waals surface area contributed by atoms with Crippen LogP contribution in [-0.2, 0) is 23.9 Å². The van der Waals surface area contributed by atoms with Gasteiger partial charge in [-0.05, 0) is 38.0 Å². The average molecular weight is 336 g/mol. The van der Waals surface area contributed by atoms with Gasteiger partial charge in [-0.2, -0.15) is 0 Å². The molecule has 24 heavy (non-hydrogen) atoms. The molecule has 0 aromatic heterocycles. The number of carbonyl (C=O) groups is 3. The van der Waals surface area contributed by atoms with Gasteiger partial charge in [0.1, 0.15) is 11.6 Å². The Balaban J connectivity index is 2.41. The van der Waals surface area contributed by atoms with Crippen molar-refractivity contribution in [2.75, 3.05) is 13.2 Å². The molecule has 1 aliphatic rings. The zero-order valence-corrected chi connectivity index (χ0v) is 13.8. The van der Waals surface area contributed by atoms with E-state index < -0.39 is 35.5 Å². The van der Waals surface area contributed by atoms with Gasteiger partial charge in [0, 0.05) is 6.42 Å². The minimum Gasteiger partial charge on any atom is -0.466 e. The summed E-state index contributed by atoms with van der Waals surface area (Å²) in [6.45, 7) is 3.69. The van der Waals surface area contributed by atoms with E-state index in [1.54, 1.807) is 13.8 Å². The summed E-state index contributed by atoms with van der Waals surface area (Å²) in [6.07, 6.45) is 0.417. The maximum absolute atomic E-state index is 13.2. The van der Waals surface area contributed by atoms with Crippen LogP contribution in [0.15, 0.2) is 24.3 Å². The Morgan fingerprint density at radius 3 is 2.25 bits per heavy atom. The lowest BCUT2D eigenvalue weighted by atomic mass is 9.68. The number of ketones is 1. The van der Waals surface area contributed by atoms with Gasteiger partial charge in [-0.15, -0.1) is 0 Å². The molecule has 0 heterocycles. The van der Waals surface area contributed by atoms with Crippen molar-refractivity contribution in [3.05, 3.63) is 35.6 Å². The van der Waals surface area contributed by atoms with Crippen LogP contribution >= 0.6 is 0 Å². The molecular formula is C18H21FO5. The fourth-order valence-electron chi connectivity index (χ4n) is 3.18. The first kappa shape index (κ1) is 18.1. The van der Waals surface area contributed by atoms with Gasteiger partial charge in [0.05, 0.1) is 31.0 Å². The molecule has 130 valence electrons. The Morgan fingerprint density at radius 1 is 1.08 bits per heavy atom. The van der Waals surface area contributed by atoms with Crippen LogP contribution in [0.3, 0.4) is 0 Å². The van der Waals surface area contributed by atoms with Crippen molar-refractivity contribution in [2.45, 2.75) is 32.6 Å². The predicted molar refractivity (Wildman–Crippen MR) is 83.6 cm³/mol. The van der Waals surface area contributed by atoms with Gasteiger partial charge in [0.15, 0.2) is 0 Å². The highest BCUT2D eigenvalue weighted by Crippen LogP contribution is 2.40. The summed E-state index contributed by atoms with van der Waals surface area (Å²) in [5.74, 6) is -4.20. The summed E-state index contributed by atoms with van der Waals surface area (Å²) in [5, 5.41) is 0. The zero-order valence-electron chi connectivity index (χ0n) is 13.8. The highest BCUT2D eigenvalue weighted by atomic mass is 19.1. The molecule has 5 nitrogen and oxygen atoms in total. The molecule has 0 bridgehead atoms. The first-order chi connectivity index (χ1) is 11.5. The van der Waals surface area contributed by atoms with Crippen molar-refractivity contribution in [3.8, 4) is 0 Å². The molecule has 0 N–H and O–H groups in total. The van der Waals surface area contributed by atoms with Crippen LogP contribution in [0.4, 0.5) is 4.39 Å². The second kappa shape index (κ2) is 8.04. The molecule has 1 aliphatic carbocycles. The molecule has 1 aromatic rings. The number of esters is 2. The van der Waals surface area contributed by atoms with E-state index in [0.717, 1.165) is 0 Å². The standard InChI is InChI=1S/C18H21FO5/c1-3-23-17(21)13-9-10-14(20)15(16(13)18(22)24-4-2)11-5-7-12(19)8-6-11/h5-8,13,15-16H,3-4,9-10H2,1-2H3/t13-,15+,16+/m0/s1. The summed E-state index contributed by atoms with van der Waals surface area (Å²) in [7, 11) is 0. The first-order valence-corrected chi connectivity index (χ1v) is 8.11. The number of ether oxygens (including phenoxy) is 2. The molecule has 6 heteroatoms. The van der Waals surface area contributed by atoms with Crippen molar-refractivity contribution in [1.82, 2.24) is 0 Å². The monoisotopic (exact) mass is 336 g/mol. The number of hydrogen-bond acceptors (Lipinski definition) is 5. The summed E-state index contributed by atoms with van der Waals surface area (Å²) in [6, 6.07) is 5.41. The van der Waals surface area contributed by atoms with E-state index in [4.69, 9.17) is 9.47 Å². The van der Waals surface area contributed by atoms with Crippen LogP contribution in [0.1, 0.15) is 38.2 Å². The Morgan fingerprint density at radius 2 is 1.67 bits per heavy atom. The van der Waals surface area contributed by atoms with Crippen LogP contribution in [0.2, 0.25) is 0 Å². The van der Waals surface area contributed by atoms with Crippen molar-refractivity contribution >= 4 is 17.7 Å². The smallest absolute Gasteiger partial charge is 0.310 e. The third-order valence-corrected chi connectivity index (χ3v) is 4.22. The molecule has 0 radical (unpaired) electrons. The molecule has 1 aromatic carbocycles. The van der Waals surface area contributed by atoms with E-state index in [-0.39, 0.29) is 31.8 Å². The lowest BCUT2D eigenvalue weighted by molar-refractivity contribution is -0.164. The maximum Gasteiger partial charge on any atom is 0.310 e. The number of rotatable bonds is 5. The third kappa shape index (κ3) is 3.80. The topological polar surface area (TPSA) is 69.7 Å². The molecule has 2 rings (SSSR count). The van der Waals surface area contributed by atoms with Gasteiger partial charge in [-0.25, -0.2) is 4.39 Å². The second-order valence-electron chi connectivity index (χ2n) is 5.67. The molecule has 0 unspecified atom stereocenters. The fraction of sp³-hybridized carbons (Fsp3) is 0.500. The van der Waals surface area contributed by atoms with Crippen LogP contribution in [0, 0.1) is 17.7 Å². The number of hydrogen-bond donors (Lipinski definition) is 0. The SMILES string of the molecule is CCOC(=O)[C@@H]1[C@@H](C(=O)OCC)CCC(=O)[C@H]1c1ccc(F)cc1. The summed E-state index contributed by atoms with van der Waals surface area (Å²) in [4.78, 5) is 37.2. The molecule has 0 aliphatic heterocycles. The molecule has 0 amide bonds. The molecule has 1 fully saturated rings. The molecule has 0 spiro atoms. The van der Waals surface area contributed by atoms with E-state index in [0.29, 0.717) is 5.56 Å². The fourth-order valence-corrected chi connectivity index (χ4v) is 3.18. The van der Waals surface area contributed by atoms with Crippen molar-refractivity contribution in [2.24, 2.45) is 11.8 Å². The summed E-state index contributed by atoms with van der Waals surface area (Å²) in [5.41, 5.74) is 0.508. The van der Waals surface area contributed by atoms with E-state index >= 15 is 0 Å². The number of halogens is 1. The summed E-state index contributed by atoms with van der Waals surface area (Å²) >= 11 is 0. The lowest BCUT2D eigenvalue weighted by Gasteiger charge is -2.34. The first-order valence-electron chi connectivity index (χ1n) is 8.11.